The van der Waals surface area contributed by atoms with Gasteiger partial charge in [0.25, 0.3) is 0 Å². The summed E-state index contributed by atoms with van der Waals surface area (Å²) in [5.41, 5.74) is 14.9. The summed E-state index contributed by atoms with van der Waals surface area (Å²) in [7, 11) is 0. The number of nitrogens with one attached hydrogen (secondary N) is 2. The van der Waals surface area contributed by atoms with Gasteiger partial charge in [-0.1, -0.05) is 29.8 Å². The molecule has 2 bridgehead atoms. The quantitative estimate of drug-likeness (QED) is 0.230. The molecule has 1 saturated carbocycles. The standard InChI is InChI=1S/C11H17BrN4O/c1-10-4-3-6(11(10,2)5-12)7(8(10)17)15-16-9(13)14/h15H,3-5H2,1-2H3,(H4,13,14,16)/p+1. The Balaban J connectivity index is 2.44. The average Bonchev–Trinajstić information content (AvgIpc) is 2.62. The van der Waals surface area contributed by atoms with Gasteiger partial charge in [0.05, 0.1) is 0 Å². The maximum Gasteiger partial charge on any atom is 0.360 e. The number of rotatable bonds is 3. The van der Waals surface area contributed by atoms with Crippen LogP contribution >= 0.6 is 15.9 Å². The Morgan fingerprint density at radius 1 is 1.53 bits per heavy atom. The lowest BCUT2D eigenvalue weighted by Gasteiger charge is -2.33. The number of hydrogen-bond acceptors (Lipinski definition) is 2. The van der Waals surface area contributed by atoms with Crippen molar-refractivity contribution >= 4 is 27.7 Å². The fourth-order valence-corrected chi connectivity index (χ4v) is 3.89. The van der Waals surface area contributed by atoms with Gasteiger partial charge in [-0.2, -0.15) is 5.10 Å². The molecule has 0 aromatic rings. The normalized spacial score (nSPS) is 35.4. The van der Waals surface area contributed by atoms with E-state index >= 15 is 0 Å². The van der Waals surface area contributed by atoms with Crippen molar-refractivity contribution in [1.82, 2.24) is 5.43 Å². The molecule has 0 amide bonds. The lowest BCUT2D eigenvalue weighted by atomic mass is 9.70. The van der Waals surface area contributed by atoms with E-state index in [0.29, 0.717) is 5.70 Å². The van der Waals surface area contributed by atoms with Crippen molar-refractivity contribution in [3.8, 4) is 0 Å². The van der Waals surface area contributed by atoms with Gasteiger partial charge in [-0.15, -0.1) is 0 Å². The molecule has 0 heterocycles. The summed E-state index contributed by atoms with van der Waals surface area (Å²) >= 11 is 3.53. The second-order valence-electron chi connectivity index (χ2n) is 5.19. The largest absolute Gasteiger partial charge is 0.360 e. The van der Waals surface area contributed by atoms with E-state index in [0.717, 1.165) is 23.7 Å². The molecule has 2 aliphatic rings. The summed E-state index contributed by atoms with van der Waals surface area (Å²) in [5.74, 6) is 0.203. The van der Waals surface area contributed by atoms with Gasteiger partial charge >= 0.3 is 5.96 Å². The molecule has 1 fully saturated rings. The molecule has 0 radical (unpaired) electrons. The van der Waals surface area contributed by atoms with Gasteiger partial charge in [-0.3, -0.25) is 16.3 Å². The van der Waals surface area contributed by atoms with Crippen molar-refractivity contribution in [3.05, 3.63) is 11.3 Å². The Labute approximate surface area is 109 Å². The predicted molar refractivity (Wildman–Crippen MR) is 68.8 cm³/mol. The topological polar surface area (TPSA) is 95.1 Å². The molecule has 6 N–H and O–H groups in total. The first kappa shape index (κ1) is 12.4. The van der Waals surface area contributed by atoms with Gasteiger partial charge < -0.3 is 0 Å². The van der Waals surface area contributed by atoms with Crippen molar-refractivity contribution < 1.29 is 9.90 Å². The maximum atomic E-state index is 12.4. The van der Waals surface area contributed by atoms with E-state index in [1.54, 1.807) is 0 Å². The zero-order valence-electron chi connectivity index (χ0n) is 10.1. The first-order valence-electron chi connectivity index (χ1n) is 5.61. The Bertz CT molecular complexity index is 441. The molecule has 2 aliphatic carbocycles. The van der Waals surface area contributed by atoms with Crippen LogP contribution in [0.2, 0.25) is 0 Å². The minimum atomic E-state index is -0.320. The maximum absolute atomic E-state index is 12.4. The van der Waals surface area contributed by atoms with Crippen molar-refractivity contribution in [2.45, 2.75) is 26.7 Å². The van der Waals surface area contributed by atoms with Crippen LogP contribution in [0, 0.1) is 10.8 Å². The lowest BCUT2D eigenvalue weighted by Crippen LogP contribution is -2.86. The third-order valence-electron chi connectivity index (χ3n) is 4.39. The minimum Gasteiger partial charge on any atom is -0.292 e. The van der Waals surface area contributed by atoms with Gasteiger partial charge in [0.2, 0.25) is 0 Å². The fraction of sp³-hybridized carbons (Fsp3) is 0.636. The molecular formula is C11H18BrN4O+. The summed E-state index contributed by atoms with van der Waals surface area (Å²) in [4.78, 5) is 12.4. The molecule has 0 aromatic carbocycles. The lowest BCUT2D eigenvalue weighted by molar-refractivity contribution is -0.518. The molecule has 0 saturated heterocycles. The van der Waals surface area contributed by atoms with Gasteiger partial charge in [-0.25, -0.2) is 5.43 Å². The highest BCUT2D eigenvalue weighted by atomic mass is 79.9. The van der Waals surface area contributed by atoms with Crippen LogP contribution in [0.1, 0.15) is 26.7 Å². The number of fused-ring (bicyclic) bond motifs is 2. The third kappa shape index (κ3) is 1.43. The monoisotopic (exact) mass is 301 g/mol. The number of nitrogens with two attached hydrogens (primary N) is 2. The number of hydrogen-bond donors (Lipinski definition) is 4. The molecule has 17 heavy (non-hydrogen) atoms. The summed E-state index contributed by atoms with van der Waals surface area (Å²) in [6.07, 6.45) is 1.86. The molecular weight excluding hydrogens is 284 g/mol. The number of ketones is 1. The summed E-state index contributed by atoms with van der Waals surface area (Å²) in [6.45, 7) is 4.17. The van der Waals surface area contributed by atoms with Crippen LogP contribution in [0.25, 0.3) is 0 Å². The number of hydrazine groups is 1. The number of alkyl halides is 1. The molecule has 0 spiro atoms. The molecule has 5 nitrogen and oxygen atoms in total. The van der Waals surface area contributed by atoms with Crippen molar-refractivity contribution in [2.24, 2.45) is 22.3 Å². The Morgan fingerprint density at radius 3 is 2.65 bits per heavy atom. The summed E-state index contributed by atoms with van der Waals surface area (Å²) in [6, 6.07) is 0. The Kier molecular flexibility index (Phi) is 2.72. The smallest absolute Gasteiger partial charge is 0.292 e. The van der Waals surface area contributed by atoms with Gasteiger partial charge in [0.1, 0.15) is 5.70 Å². The van der Waals surface area contributed by atoms with Gasteiger partial charge in [-0.05, 0) is 18.4 Å². The molecule has 2 unspecified atom stereocenters. The van der Waals surface area contributed by atoms with Crippen LogP contribution in [-0.2, 0) is 4.79 Å². The number of carbonyl (C=O) groups is 1. The number of guanidine groups is 1. The highest BCUT2D eigenvalue weighted by Crippen LogP contribution is 2.63. The number of Topliss-reactive ketones (excluding diaryl/α,β-unsaturated/α-hetero) is 1. The summed E-state index contributed by atoms with van der Waals surface area (Å²) < 4.78 is 0. The van der Waals surface area contributed by atoms with E-state index in [1.807, 2.05) is 6.92 Å². The van der Waals surface area contributed by atoms with E-state index in [4.69, 9.17) is 11.5 Å². The highest BCUT2D eigenvalue weighted by molar-refractivity contribution is 9.09. The number of halogens is 1. The van der Waals surface area contributed by atoms with Crippen LogP contribution < -0.4 is 22.0 Å². The summed E-state index contributed by atoms with van der Waals surface area (Å²) in [5, 5.41) is 3.39. The van der Waals surface area contributed by atoms with Crippen molar-refractivity contribution in [2.75, 3.05) is 5.33 Å². The van der Waals surface area contributed by atoms with Crippen LogP contribution in [0.5, 0.6) is 0 Å². The van der Waals surface area contributed by atoms with Gasteiger partial charge in [0.15, 0.2) is 5.78 Å². The zero-order chi connectivity index (χ0) is 12.8. The first-order valence-corrected chi connectivity index (χ1v) is 6.73. The van der Waals surface area contributed by atoms with Crippen LogP contribution in [0.3, 0.4) is 0 Å². The fourth-order valence-electron chi connectivity index (χ4n) is 2.93. The van der Waals surface area contributed by atoms with E-state index < -0.39 is 0 Å². The number of allylic oxidation sites excluding steroid dienone is 2. The minimum absolute atomic E-state index is 0.0550. The van der Waals surface area contributed by atoms with E-state index in [1.165, 1.54) is 0 Å². The van der Waals surface area contributed by atoms with Crippen LogP contribution in [0.4, 0.5) is 0 Å². The molecule has 0 aliphatic heterocycles. The van der Waals surface area contributed by atoms with Crippen LogP contribution in [0.15, 0.2) is 11.3 Å². The second-order valence-corrected chi connectivity index (χ2v) is 5.75. The molecule has 94 valence electrons. The first-order chi connectivity index (χ1) is 7.87. The average molecular weight is 302 g/mol. The second kappa shape index (κ2) is 3.73. The van der Waals surface area contributed by atoms with Crippen molar-refractivity contribution in [3.63, 3.8) is 0 Å². The number of carbonyl (C=O) groups excluding carboxylic acids is 1. The number of hydrazone groups is 1. The molecule has 2 atom stereocenters. The Morgan fingerprint density at radius 2 is 2.18 bits per heavy atom. The van der Waals surface area contributed by atoms with Gasteiger partial charge in [0, 0.05) is 16.2 Å². The van der Waals surface area contributed by atoms with Crippen LogP contribution in [-0.4, -0.2) is 17.1 Å². The third-order valence-corrected chi connectivity index (χ3v) is 5.51. The zero-order valence-corrected chi connectivity index (χ0v) is 11.6. The predicted octanol–water partition coefficient (Wildman–Crippen LogP) is -1.12. The molecule has 0 aromatic heterocycles. The molecule has 6 heteroatoms. The molecule has 2 rings (SSSR count). The van der Waals surface area contributed by atoms with E-state index in [9.17, 15) is 4.79 Å². The van der Waals surface area contributed by atoms with Crippen molar-refractivity contribution in [1.29, 1.82) is 0 Å². The van der Waals surface area contributed by atoms with E-state index in [-0.39, 0.29) is 22.6 Å². The highest BCUT2D eigenvalue weighted by Gasteiger charge is 2.62. The SMILES string of the molecule is CC12CCC(=C(N[NH+]=C(N)N)C1=O)C2(C)CBr. The van der Waals surface area contributed by atoms with E-state index in [2.05, 4.69) is 33.4 Å². The Hall–Kier alpha value is -1.04.